The van der Waals surface area contributed by atoms with E-state index in [1.807, 2.05) is 6.07 Å². The second kappa shape index (κ2) is 6.81. The van der Waals surface area contributed by atoms with Crippen LogP contribution in [0.3, 0.4) is 0 Å². The minimum atomic E-state index is -3.63. The Morgan fingerprint density at radius 1 is 1.00 bits per heavy atom. The predicted octanol–water partition coefficient (Wildman–Crippen LogP) is 2.00. The highest BCUT2D eigenvalue weighted by Gasteiger charge is 2.39. The molecule has 1 saturated heterocycles. The van der Waals surface area contributed by atoms with Gasteiger partial charge in [-0.1, -0.05) is 6.07 Å². The van der Waals surface area contributed by atoms with Crippen LogP contribution < -0.4 is 10.9 Å². The van der Waals surface area contributed by atoms with Crippen LogP contribution in [0.5, 0.6) is 0 Å². The maximum Gasteiger partial charge on any atom is 0.250 e. The molecule has 3 aliphatic rings. The number of rotatable bonds is 4. The van der Waals surface area contributed by atoms with Gasteiger partial charge in [0.05, 0.1) is 4.90 Å². The number of hydrogen-bond donors (Lipinski definition) is 1. The molecule has 29 heavy (non-hydrogen) atoms. The van der Waals surface area contributed by atoms with E-state index in [0.29, 0.717) is 25.3 Å². The van der Waals surface area contributed by atoms with E-state index in [0.717, 1.165) is 25.0 Å². The average molecular weight is 413 g/mol. The molecule has 2 atom stereocenters. The Kier molecular flexibility index (Phi) is 4.36. The van der Waals surface area contributed by atoms with Gasteiger partial charge in [-0.2, -0.15) is 4.31 Å². The summed E-state index contributed by atoms with van der Waals surface area (Å²) in [5.74, 6) is 0.261. The average Bonchev–Trinajstić information content (AvgIpc) is 3.55. The highest BCUT2D eigenvalue weighted by atomic mass is 32.2. The van der Waals surface area contributed by atoms with Gasteiger partial charge in [0.1, 0.15) is 0 Å². The fourth-order valence-electron chi connectivity index (χ4n) is 4.50. The van der Waals surface area contributed by atoms with Gasteiger partial charge in [-0.25, -0.2) is 8.42 Å². The molecule has 2 fully saturated rings. The molecule has 1 saturated carbocycles. The quantitative estimate of drug-likeness (QED) is 0.830. The SMILES string of the molecule is O=C(Nc1ccc(S(=O)(=O)N2C[C@@H]3C[C@H](C2)c2cccc(=O)n2C3)cc1)C1CC1. The van der Waals surface area contributed by atoms with Crippen LogP contribution in [0.25, 0.3) is 0 Å². The van der Waals surface area contributed by atoms with Crippen molar-refractivity contribution in [1.82, 2.24) is 8.87 Å². The number of fused-ring (bicyclic) bond motifs is 4. The number of aromatic nitrogens is 1. The van der Waals surface area contributed by atoms with Crippen molar-refractivity contribution in [3.63, 3.8) is 0 Å². The molecule has 2 aromatic rings. The summed E-state index contributed by atoms with van der Waals surface area (Å²) in [5, 5.41) is 2.83. The fourth-order valence-corrected chi connectivity index (χ4v) is 6.06. The van der Waals surface area contributed by atoms with Crippen LogP contribution in [0.4, 0.5) is 5.69 Å². The number of anilines is 1. The first-order chi connectivity index (χ1) is 13.9. The van der Waals surface area contributed by atoms with E-state index < -0.39 is 10.0 Å². The number of piperidine rings is 1. The summed E-state index contributed by atoms with van der Waals surface area (Å²) >= 11 is 0. The van der Waals surface area contributed by atoms with Crippen LogP contribution >= 0.6 is 0 Å². The van der Waals surface area contributed by atoms with Crippen LogP contribution in [0.2, 0.25) is 0 Å². The Balaban J connectivity index is 1.36. The van der Waals surface area contributed by atoms with E-state index >= 15 is 0 Å². The summed E-state index contributed by atoms with van der Waals surface area (Å²) in [5.41, 5.74) is 1.52. The largest absolute Gasteiger partial charge is 0.326 e. The summed E-state index contributed by atoms with van der Waals surface area (Å²) in [7, 11) is -3.63. The number of sulfonamides is 1. The monoisotopic (exact) mass is 413 g/mol. The number of nitrogens with one attached hydrogen (secondary N) is 1. The van der Waals surface area contributed by atoms with Gasteiger partial charge in [0, 0.05) is 48.9 Å². The number of benzene rings is 1. The van der Waals surface area contributed by atoms with Crippen molar-refractivity contribution >= 4 is 21.6 Å². The lowest BCUT2D eigenvalue weighted by Gasteiger charge is -2.42. The lowest BCUT2D eigenvalue weighted by molar-refractivity contribution is -0.117. The summed E-state index contributed by atoms with van der Waals surface area (Å²) in [6.45, 7) is 1.35. The van der Waals surface area contributed by atoms with E-state index in [-0.39, 0.29) is 34.1 Å². The summed E-state index contributed by atoms with van der Waals surface area (Å²) in [6.07, 6.45) is 2.75. The highest BCUT2D eigenvalue weighted by molar-refractivity contribution is 7.89. The van der Waals surface area contributed by atoms with Gasteiger partial charge < -0.3 is 9.88 Å². The second-order valence-electron chi connectivity index (χ2n) is 8.31. The molecule has 1 aliphatic carbocycles. The van der Waals surface area contributed by atoms with E-state index in [9.17, 15) is 18.0 Å². The van der Waals surface area contributed by atoms with E-state index in [1.54, 1.807) is 45.3 Å². The zero-order valence-corrected chi connectivity index (χ0v) is 16.8. The molecule has 0 radical (unpaired) electrons. The second-order valence-corrected chi connectivity index (χ2v) is 10.2. The fraction of sp³-hybridized carbons (Fsp3) is 0.429. The molecule has 0 spiro atoms. The van der Waals surface area contributed by atoms with Gasteiger partial charge in [0.25, 0.3) is 5.56 Å². The zero-order valence-electron chi connectivity index (χ0n) is 16.0. The number of amides is 1. The van der Waals surface area contributed by atoms with Gasteiger partial charge in [-0.3, -0.25) is 9.59 Å². The maximum absolute atomic E-state index is 13.2. The predicted molar refractivity (Wildman–Crippen MR) is 108 cm³/mol. The molecular formula is C21H23N3O4S. The third-order valence-electron chi connectivity index (χ3n) is 6.15. The van der Waals surface area contributed by atoms with Crippen LogP contribution in [-0.2, 0) is 21.4 Å². The van der Waals surface area contributed by atoms with Crippen molar-refractivity contribution in [3.05, 3.63) is 58.5 Å². The number of pyridine rings is 1. The van der Waals surface area contributed by atoms with Gasteiger partial charge >= 0.3 is 0 Å². The molecule has 3 heterocycles. The Labute approximate surface area is 169 Å². The molecule has 152 valence electrons. The first-order valence-corrected chi connectivity index (χ1v) is 11.5. The number of carbonyl (C=O) groups excluding carboxylic acids is 1. The molecule has 2 aliphatic heterocycles. The van der Waals surface area contributed by atoms with Crippen molar-refractivity contribution in [2.45, 2.75) is 36.6 Å². The number of nitrogens with zero attached hydrogens (tertiary/aromatic N) is 2. The Bertz CT molecular complexity index is 1120. The molecule has 1 amide bonds. The van der Waals surface area contributed by atoms with Crippen molar-refractivity contribution in [2.24, 2.45) is 11.8 Å². The smallest absolute Gasteiger partial charge is 0.250 e. The van der Waals surface area contributed by atoms with Crippen LogP contribution in [0, 0.1) is 11.8 Å². The topological polar surface area (TPSA) is 88.5 Å². The Hall–Kier alpha value is -2.45. The van der Waals surface area contributed by atoms with Gasteiger partial charge in [0.2, 0.25) is 15.9 Å². The first kappa shape index (κ1) is 18.6. The third-order valence-corrected chi connectivity index (χ3v) is 8.00. The normalized spacial score (nSPS) is 24.0. The van der Waals surface area contributed by atoms with Gasteiger partial charge in [-0.15, -0.1) is 0 Å². The van der Waals surface area contributed by atoms with Gasteiger partial charge in [0.15, 0.2) is 0 Å². The van der Waals surface area contributed by atoms with Crippen LogP contribution in [-0.4, -0.2) is 36.3 Å². The van der Waals surface area contributed by atoms with E-state index in [1.165, 1.54) is 0 Å². The standard InChI is InChI=1S/C21H23N3O4S/c25-20-3-1-2-19-16-10-14(12-24(19)20)11-23(13-16)29(27,28)18-8-6-17(7-9-18)22-21(26)15-4-5-15/h1-3,6-9,14-16H,4-5,10-13H2,(H,22,26)/t14-,16+/m0/s1. The number of hydrogen-bond acceptors (Lipinski definition) is 4. The van der Waals surface area contributed by atoms with Crippen molar-refractivity contribution in [3.8, 4) is 0 Å². The van der Waals surface area contributed by atoms with Crippen LogP contribution in [0.15, 0.2) is 52.2 Å². The van der Waals surface area contributed by atoms with Crippen molar-refractivity contribution < 1.29 is 13.2 Å². The lowest BCUT2D eigenvalue weighted by atomic mass is 9.84. The first-order valence-electron chi connectivity index (χ1n) is 10.0. The minimum absolute atomic E-state index is 0.00151. The molecular weight excluding hydrogens is 390 g/mol. The molecule has 1 aromatic carbocycles. The Morgan fingerprint density at radius 2 is 1.76 bits per heavy atom. The minimum Gasteiger partial charge on any atom is -0.326 e. The summed E-state index contributed by atoms with van der Waals surface area (Å²) in [6, 6.07) is 11.6. The maximum atomic E-state index is 13.2. The zero-order chi connectivity index (χ0) is 20.2. The number of carbonyl (C=O) groups is 1. The lowest BCUT2D eigenvalue weighted by Crippen LogP contribution is -2.48. The van der Waals surface area contributed by atoms with Crippen molar-refractivity contribution in [2.75, 3.05) is 18.4 Å². The molecule has 1 aromatic heterocycles. The summed E-state index contributed by atoms with van der Waals surface area (Å²) in [4.78, 5) is 24.3. The van der Waals surface area contributed by atoms with E-state index in [2.05, 4.69) is 5.32 Å². The molecule has 5 rings (SSSR count). The summed E-state index contributed by atoms with van der Waals surface area (Å²) < 4.78 is 29.8. The van der Waals surface area contributed by atoms with Gasteiger partial charge in [-0.05, 0) is 55.5 Å². The van der Waals surface area contributed by atoms with Crippen LogP contribution in [0.1, 0.15) is 30.9 Å². The molecule has 1 N–H and O–H groups in total. The van der Waals surface area contributed by atoms with Crippen molar-refractivity contribution in [1.29, 1.82) is 0 Å². The van der Waals surface area contributed by atoms with E-state index in [4.69, 9.17) is 0 Å². The molecule has 8 heteroatoms. The molecule has 2 bridgehead atoms. The Morgan fingerprint density at radius 3 is 2.48 bits per heavy atom. The molecule has 7 nitrogen and oxygen atoms in total. The highest BCUT2D eigenvalue weighted by Crippen LogP contribution is 2.37. The molecule has 0 unspecified atom stereocenters. The third kappa shape index (κ3) is 3.40.